The molecule has 0 saturated heterocycles. The molecule has 2 N–H and O–H groups in total. The summed E-state index contributed by atoms with van der Waals surface area (Å²) in [6.07, 6.45) is -1.51. The lowest BCUT2D eigenvalue weighted by Crippen LogP contribution is -2.40. The standard InChI is InChI=1S/C26H17FN4O5S2/c27-16-8-5-14(6-9-16)21-22(36-26(33)34)29-23(38-21)15-7-10-19-18(13-15)31(11-12-35-19)25(32)30-24-28-17-3-1-2-4-20(17)37-24/h1-10,13H,11-12H2,(H,33,34)(H,28,30,32). The number of fused-ring (bicyclic) bond motifs is 2. The molecule has 2 amide bonds. The summed E-state index contributed by atoms with van der Waals surface area (Å²) in [7, 11) is 0. The van der Waals surface area contributed by atoms with Gasteiger partial charge < -0.3 is 14.6 Å². The molecule has 0 radical (unpaired) electrons. The number of carbonyl (C=O) groups excluding carboxylic acids is 1. The largest absolute Gasteiger partial charge is 0.512 e. The van der Waals surface area contributed by atoms with Crippen molar-refractivity contribution in [1.29, 1.82) is 0 Å². The lowest BCUT2D eigenvalue weighted by Gasteiger charge is -2.29. The summed E-state index contributed by atoms with van der Waals surface area (Å²) in [5.74, 6) is -0.00150. The number of thiazole rings is 2. The molecule has 0 saturated carbocycles. The molecule has 0 fully saturated rings. The first kappa shape index (κ1) is 23.8. The van der Waals surface area contributed by atoms with E-state index in [0.717, 1.165) is 10.2 Å². The molecule has 0 unspecified atom stereocenters. The van der Waals surface area contributed by atoms with Crippen molar-refractivity contribution in [2.24, 2.45) is 0 Å². The Hall–Kier alpha value is -4.55. The Labute approximate surface area is 222 Å². The molecular weight excluding hydrogens is 531 g/mol. The van der Waals surface area contributed by atoms with Gasteiger partial charge in [-0.15, -0.1) is 11.3 Å². The molecule has 1 aliphatic rings. The number of carboxylic acid groups (broad SMARTS) is 1. The third-order valence-corrected chi connectivity index (χ3v) is 7.80. The Morgan fingerprint density at radius 2 is 1.82 bits per heavy atom. The van der Waals surface area contributed by atoms with Crippen LogP contribution in [0.5, 0.6) is 11.6 Å². The van der Waals surface area contributed by atoms with Gasteiger partial charge in [0.05, 0.1) is 27.3 Å². The summed E-state index contributed by atoms with van der Waals surface area (Å²) < 4.78 is 25.1. The van der Waals surface area contributed by atoms with E-state index in [1.165, 1.54) is 46.9 Å². The zero-order valence-electron chi connectivity index (χ0n) is 19.4. The number of anilines is 2. The Kier molecular flexibility index (Phi) is 6.10. The van der Waals surface area contributed by atoms with Gasteiger partial charge in [-0.3, -0.25) is 10.2 Å². The minimum absolute atomic E-state index is 0.108. The molecule has 190 valence electrons. The number of amides is 2. The molecule has 5 aromatic rings. The second-order valence-electron chi connectivity index (χ2n) is 8.13. The van der Waals surface area contributed by atoms with Crippen LogP contribution in [0, 0.1) is 5.82 Å². The van der Waals surface area contributed by atoms with Crippen LogP contribution in [0.15, 0.2) is 66.7 Å². The molecule has 12 heteroatoms. The number of halogens is 1. The van der Waals surface area contributed by atoms with Crippen molar-refractivity contribution in [2.45, 2.75) is 0 Å². The SMILES string of the molecule is O=C(O)Oc1nc(-c2ccc3c(c2)N(C(=O)Nc2nc4ccccc4s2)CCO3)sc1-c1ccc(F)cc1. The zero-order chi connectivity index (χ0) is 26.2. The van der Waals surface area contributed by atoms with E-state index in [1.807, 2.05) is 24.3 Å². The Morgan fingerprint density at radius 3 is 2.61 bits per heavy atom. The average molecular weight is 549 g/mol. The molecule has 0 aliphatic carbocycles. The van der Waals surface area contributed by atoms with Crippen LogP contribution in [0.1, 0.15) is 0 Å². The maximum absolute atomic E-state index is 13.4. The predicted octanol–water partition coefficient (Wildman–Crippen LogP) is 6.71. The summed E-state index contributed by atoms with van der Waals surface area (Å²) in [6, 6.07) is 18.1. The topological polar surface area (TPSA) is 114 Å². The zero-order valence-corrected chi connectivity index (χ0v) is 21.0. The molecule has 38 heavy (non-hydrogen) atoms. The smallest absolute Gasteiger partial charge is 0.490 e. The van der Waals surface area contributed by atoms with Crippen LogP contribution >= 0.6 is 22.7 Å². The van der Waals surface area contributed by atoms with E-state index in [1.54, 1.807) is 23.1 Å². The van der Waals surface area contributed by atoms with Crippen molar-refractivity contribution in [3.05, 3.63) is 72.5 Å². The number of carbonyl (C=O) groups is 2. The number of benzene rings is 3. The molecule has 6 rings (SSSR count). The molecule has 0 spiro atoms. The molecule has 0 bridgehead atoms. The first-order chi connectivity index (χ1) is 18.4. The number of urea groups is 1. The summed E-state index contributed by atoms with van der Waals surface area (Å²) in [4.78, 5) is 35.4. The van der Waals surface area contributed by atoms with Gasteiger partial charge in [0.2, 0.25) is 5.88 Å². The second-order valence-corrected chi connectivity index (χ2v) is 10.2. The van der Waals surface area contributed by atoms with Crippen molar-refractivity contribution in [2.75, 3.05) is 23.4 Å². The van der Waals surface area contributed by atoms with Gasteiger partial charge in [0.15, 0.2) is 5.13 Å². The summed E-state index contributed by atoms with van der Waals surface area (Å²) in [6.45, 7) is 0.640. The Bertz CT molecular complexity index is 1650. The molecule has 0 atom stereocenters. The van der Waals surface area contributed by atoms with Gasteiger partial charge in [0.25, 0.3) is 0 Å². The van der Waals surface area contributed by atoms with Crippen molar-refractivity contribution < 1.29 is 28.6 Å². The van der Waals surface area contributed by atoms with E-state index in [4.69, 9.17) is 9.47 Å². The molecular formula is C26H17FN4O5S2. The number of hydrogen-bond donors (Lipinski definition) is 2. The fourth-order valence-electron chi connectivity index (χ4n) is 4.01. The van der Waals surface area contributed by atoms with E-state index < -0.39 is 12.0 Å². The fraction of sp³-hybridized carbons (Fsp3) is 0.0769. The molecule has 9 nitrogen and oxygen atoms in total. The molecule has 3 aromatic carbocycles. The van der Waals surface area contributed by atoms with Crippen LogP contribution in [0.3, 0.4) is 0 Å². The fourth-order valence-corrected chi connectivity index (χ4v) is 5.86. The minimum atomic E-state index is -1.51. The third kappa shape index (κ3) is 4.62. The summed E-state index contributed by atoms with van der Waals surface area (Å²) >= 11 is 2.57. The maximum atomic E-state index is 13.4. The third-order valence-electron chi connectivity index (χ3n) is 5.71. The molecule has 3 heterocycles. The quantitative estimate of drug-likeness (QED) is 0.240. The van der Waals surface area contributed by atoms with Gasteiger partial charge in [0.1, 0.15) is 23.2 Å². The van der Waals surface area contributed by atoms with Crippen LogP contribution < -0.4 is 19.7 Å². The number of nitrogens with zero attached hydrogens (tertiary/aromatic N) is 3. The van der Waals surface area contributed by atoms with E-state index in [2.05, 4.69) is 15.3 Å². The van der Waals surface area contributed by atoms with Crippen molar-refractivity contribution in [1.82, 2.24) is 9.97 Å². The van der Waals surface area contributed by atoms with E-state index in [-0.39, 0.29) is 11.9 Å². The van der Waals surface area contributed by atoms with Crippen LogP contribution in [0.25, 0.3) is 31.2 Å². The number of aromatic nitrogens is 2. The number of ether oxygens (including phenoxy) is 2. The average Bonchev–Trinajstić information content (AvgIpc) is 3.51. The first-order valence-electron chi connectivity index (χ1n) is 11.3. The Morgan fingerprint density at radius 1 is 1.03 bits per heavy atom. The lowest BCUT2D eigenvalue weighted by atomic mass is 10.1. The van der Waals surface area contributed by atoms with E-state index in [0.29, 0.717) is 50.7 Å². The van der Waals surface area contributed by atoms with Gasteiger partial charge in [-0.25, -0.2) is 23.9 Å². The highest BCUT2D eigenvalue weighted by Crippen LogP contribution is 2.43. The highest BCUT2D eigenvalue weighted by atomic mass is 32.1. The number of rotatable bonds is 4. The number of nitrogens with one attached hydrogen (secondary N) is 1. The first-order valence-corrected chi connectivity index (χ1v) is 13.0. The van der Waals surface area contributed by atoms with Crippen molar-refractivity contribution in [3.8, 4) is 32.6 Å². The van der Waals surface area contributed by atoms with Crippen LogP contribution in [-0.2, 0) is 0 Å². The number of hydrogen-bond acceptors (Lipinski definition) is 8. The lowest BCUT2D eigenvalue weighted by molar-refractivity contribution is 0.143. The second kappa shape index (κ2) is 9.72. The van der Waals surface area contributed by atoms with Crippen LogP contribution in [-0.4, -0.2) is 40.4 Å². The maximum Gasteiger partial charge on any atom is 0.512 e. The Balaban J connectivity index is 1.33. The van der Waals surface area contributed by atoms with Gasteiger partial charge in [-0.05, 0) is 48.0 Å². The van der Waals surface area contributed by atoms with Gasteiger partial charge in [0, 0.05) is 5.56 Å². The molecule has 2 aromatic heterocycles. The summed E-state index contributed by atoms with van der Waals surface area (Å²) in [5.41, 5.74) is 2.52. The summed E-state index contributed by atoms with van der Waals surface area (Å²) in [5, 5.41) is 13.0. The monoisotopic (exact) mass is 548 g/mol. The minimum Gasteiger partial charge on any atom is -0.490 e. The van der Waals surface area contributed by atoms with Crippen molar-refractivity contribution in [3.63, 3.8) is 0 Å². The predicted molar refractivity (Wildman–Crippen MR) is 143 cm³/mol. The van der Waals surface area contributed by atoms with Crippen LogP contribution in [0.4, 0.5) is 24.8 Å². The van der Waals surface area contributed by atoms with E-state index in [9.17, 15) is 19.1 Å². The van der Waals surface area contributed by atoms with Crippen LogP contribution in [0.2, 0.25) is 0 Å². The van der Waals surface area contributed by atoms with Gasteiger partial charge in [-0.1, -0.05) is 35.6 Å². The van der Waals surface area contributed by atoms with Gasteiger partial charge in [-0.2, -0.15) is 0 Å². The molecule has 1 aliphatic heterocycles. The highest BCUT2D eigenvalue weighted by molar-refractivity contribution is 7.22. The normalized spacial score (nSPS) is 12.6. The van der Waals surface area contributed by atoms with E-state index >= 15 is 0 Å². The number of para-hydroxylation sites is 1. The highest BCUT2D eigenvalue weighted by Gasteiger charge is 2.26. The van der Waals surface area contributed by atoms with Gasteiger partial charge >= 0.3 is 12.2 Å². The van der Waals surface area contributed by atoms with Crippen molar-refractivity contribution >= 4 is 55.9 Å².